The van der Waals surface area contributed by atoms with Crippen LogP contribution in [0.2, 0.25) is 0 Å². The predicted octanol–water partition coefficient (Wildman–Crippen LogP) is 4.92. The number of carbonyl (C=O) groups is 2. The van der Waals surface area contributed by atoms with E-state index in [1.807, 2.05) is 27.7 Å². The smallest absolute Gasteiger partial charge is 0.324 e. The predicted molar refractivity (Wildman–Crippen MR) is 161 cm³/mol. The maximum Gasteiger partial charge on any atom is 0.324 e. The van der Waals surface area contributed by atoms with Crippen molar-refractivity contribution < 1.29 is 36.2 Å². The number of nitrogens with one attached hydrogen (secondary N) is 3. The second kappa shape index (κ2) is 13.1. The summed E-state index contributed by atoms with van der Waals surface area (Å²) in [5.41, 5.74) is 1.01. The summed E-state index contributed by atoms with van der Waals surface area (Å²) in [6.07, 6.45) is 4.96. The van der Waals surface area contributed by atoms with Gasteiger partial charge in [-0.25, -0.2) is 9.78 Å². The molecule has 0 aliphatic carbocycles. The second-order valence-electron chi connectivity index (χ2n) is 11.7. The number of urea groups is 1. The molecule has 3 heterocycles. The summed E-state index contributed by atoms with van der Waals surface area (Å²) in [7, 11) is -3.59. The van der Waals surface area contributed by atoms with Crippen LogP contribution >= 0.6 is 0 Å². The lowest BCUT2D eigenvalue weighted by atomic mass is 9.93. The van der Waals surface area contributed by atoms with Gasteiger partial charge in [0.25, 0.3) is 5.91 Å². The molecule has 43 heavy (non-hydrogen) atoms. The molecule has 3 aromatic rings. The molecule has 1 aromatic carbocycles. The average Bonchev–Trinajstić information content (AvgIpc) is 3.60. The molecule has 1 aliphatic heterocycles. The first-order valence-corrected chi connectivity index (χ1v) is 15.9. The lowest BCUT2D eigenvalue weighted by Gasteiger charge is -2.34. The van der Waals surface area contributed by atoms with Gasteiger partial charge in [-0.15, -0.1) is 0 Å². The van der Waals surface area contributed by atoms with E-state index in [0.29, 0.717) is 54.8 Å². The minimum Gasteiger partial charge on any atom is -0.492 e. The van der Waals surface area contributed by atoms with E-state index in [1.165, 1.54) is 6.20 Å². The zero-order valence-corrected chi connectivity index (χ0v) is 25.9. The summed E-state index contributed by atoms with van der Waals surface area (Å²) in [6.45, 7) is 9.55. The Labute approximate surface area is 251 Å². The van der Waals surface area contributed by atoms with Gasteiger partial charge in [-0.05, 0) is 43.3 Å². The van der Waals surface area contributed by atoms with Crippen LogP contribution in [-0.2, 0) is 19.8 Å². The Hall–Kier alpha value is -4.01. The Bertz CT molecular complexity index is 1510. The van der Waals surface area contributed by atoms with Crippen molar-refractivity contribution in [2.24, 2.45) is 0 Å². The number of quaternary nitrogens is 1. The third-order valence-corrected chi connectivity index (χ3v) is 7.64. The standard InChI is InChI=1S/C29H38N6O7S/c1-20(35(15-6-7-16-35)42-43(5,38)39)14-17-40-23-12-13-24(30-19-23)27(36)31-21-8-10-22(11-9-21)32-28(37)33-26-18-25(41-34-26)29(2,3)4/h8-13,18-20H,6-7,14-17H2,1-5H3,(H2-,30,31,32,33,34,36,37)/p+1. The van der Waals surface area contributed by atoms with Gasteiger partial charge in [0.15, 0.2) is 5.82 Å². The highest BCUT2D eigenvalue weighted by atomic mass is 32.2. The highest BCUT2D eigenvalue weighted by Crippen LogP contribution is 2.28. The van der Waals surface area contributed by atoms with E-state index in [9.17, 15) is 18.0 Å². The third-order valence-electron chi connectivity index (χ3n) is 7.08. The van der Waals surface area contributed by atoms with Crippen LogP contribution in [0.25, 0.3) is 0 Å². The molecule has 3 N–H and O–H groups in total. The van der Waals surface area contributed by atoms with Crippen molar-refractivity contribution in [2.45, 2.75) is 58.4 Å². The van der Waals surface area contributed by atoms with Crippen molar-refractivity contribution in [1.29, 1.82) is 0 Å². The minimum atomic E-state index is -3.59. The number of pyridine rings is 1. The third kappa shape index (κ3) is 8.99. The molecule has 1 aliphatic rings. The summed E-state index contributed by atoms with van der Waals surface area (Å²) in [4.78, 5) is 29.2. The fraction of sp³-hybridized carbons (Fsp3) is 0.448. The van der Waals surface area contributed by atoms with Crippen LogP contribution in [0.4, 0.5) is 22.0 Å². The first-order chi connectivity index (χ1) is 20.2. The van der Waals surface area contributed by atoms with E-state index in [4.69, 9.17) is 13.5 Å². The summed E-state index contributed by atoms with van der Waals surface area (Å²) >= 11 is 0. The van der Waals surface area contributed by atoms with E-state index in [-0.39, 0.29) is 21.8 Å². The fourth-order valence-corrected chi connectivity index (χ4v) is 5.55. The van der Waals surface area contributed by atoms with E-state index in [2.05, 4.69) is 26.1 Å². The van der Waals surface area contributed by atoms with Gasteiger partial charge < -0.3 is 19.9 Å². The fourth-order valence-electron chi connectivity index (χ4n) is 4.71. The molecule has 3 amide bonds. The molecular weight excluding hydrogens is 576 g/mol. The Morgan fingerprint density at radius 2 is 1.67 bits per heavy atom. The number of amides is 3. The summed E-state index contributed by atoms with van der Waals surface area (Å²) < 4.78 is 40.2. The van der Waals surface area contributed by atoms with Crippen LogP contribution in [0.5, 0.6) is 5.75 Å². The molecule has 1 atom stereocenters. The Morgan fingerprint density at radius 1 is 1.02 bits per heavy atom. The van der Waals surface area contributed by atoms with Gasteiger partial charge in [-0.1, -0.05) is 30.2 Å². The lowest BCUT2D eigenvalue weighted by Crippen LogP contribution is -2.53. The number of hydrogen-bond acceptors (Lipinski definition) is 9. The topological polar surface area (TPSA) is 162 Å². The highest BCUT2D eigenvalue weighted by molar-refractivity contribution is 7.85. The monoisotopic (exact) mass is 615 g/mol. The zero-order chi connectivity index (χ0) is 31.3. The van der Waals surface area contributed by atoms with Crippen LogP contribution in [0, 0.1) is 0 Å². The number of ether oxygens (including phenoxy) is 1. The summed E-state index contributed by atoms with van der Waals surface area (Å²) in [5.74, 6) is 1.05. The summed E-state index contributed by atoms with van der Waals surface area (Å²) in [5, 5.41) is 12.0. The SMILES string of the molecule is CC(CCOc1ccc(C(=O)Nc2ccc(NC(=O)Nc3cc(C(C)(C)C)on3)cc2)nc1)[N+]1(OS(C)(=O)=O)CCCC1. The molecule has 14 heteroatoms. The van der Waals surface area contributed by atoms with E-state index in [1.54, 1.807) is 42.5 Å². The van der Waals surface area contributed by atoms with Crippen LogP contribution in [0.1, 0.15) is 63.2 Å². The number of rotatable bonds is 11. The number of hydroxylamine groups is 3. The number of nitrogens with zero attached hydrogens (tertiary/aromatic N) is 3. The molecule has 1 saturated heterocycles. The Kier molecular flexibility index (Phi) is 9.72. The normalized spacial score (nSPS) is 15.5. The largest absolute Gasteiger partial charge is 0.492 e. The van der Waals surface area contributed by atoms with Crippen molar-refractivity contribution in [2.75, 3.05) is 41.9 Å². The number of carbonyl (C=O) groups excluding carboxylic acids is 2. The molecular formula is C29H39N6O7S+. The van der Waals surface area contributed by atoms with Gasteiger partial charge in [0.2, 0.25) is 0 Å². The van der Waals surface area contributed by atoms with Gasteiger partial charge >= 0.3 is 16.1 Å². The van der Waals surface area contributed by atoms with Crippen LogP contribution in [0.3, 0.4) is 0 Å². The van der Waals surface area contributed by atoms with Gasteiger partial charge in [0, 0.05) is 42.1 Å². The van der Waals surface area contributed by atoms with E-state index < -0.39 is 22.1 Å². The molecule has 2 aromatic heterocycles. The summed E-state index contributed by atoms with van der Waals surface area (Å²) in [6, 6.07) is 11.0. The number of benzene rings is 1. The average molecular weight is 616 g/mol. The first-order valence-electron chi connectivity index (χ1n) is 14.1. The molecule has 4 rings (SSSR count). The van der Waals surface area contributed by atoms with Crippen molar-refractivity contribution in [3.8, 4) is 5.75 Å². The van der Waals surface area contributed by atoms with Crippen molar-refractivity contribution in [3.63, 3.8) is 0 Å². The Balaban J connectivity index is 1.23. The quantitative estimate of drug-likeness (QED) is 0.254. The molecule has 1 fully saturated rings. The minimum absolute atomic E-state index is 0.0682. The van der Waals surface area contributed by atoms with Crippen molar-refractivity contribution in [3.05, 3.63) is 60.1 Å². The lowest BCUT2D eigenvalue weighted by molar-refractivity contribution is -1.09. The molecule has 0 saturated carbocycles. The number of hydrogen-bond donors (Lipinski definition) is 3. The Morgan fingerprint density at radius 3 is 2.23 bits per heavy atom. The molecule has 0 radical (unpaired) electrons. The van der Waals surface area contributed by atoms with Crippen LogP contribution in [-0.4, -0.2) is 67.1 Å². The van der Waals surface area contributed by atoms with E-state index in [0.717, 1.165) is 19.1 Å². The first kappa shape index (κ1) is 31.9. The number of likely N-dealkylation sites (tertiary alicyclic amines) is 1. The number of anilines is 3. The maximum absolute atomic E-state index is 12.7. The van der Waals surface area contributed by atoms with Crippen molar-refractivity contribution >= 4 is 39.2 Å². The van der Waals surface area contributed by atoms with E-state index >= 15 is 0 Å². The number of aromatic nitrogens is 2. The van der Waals surface area contributed by atoms with Gasteiger partial charge in [-0.3, -0.25) is 10.1 Å². The van der Waals surface area contributed by atoms with Crippen LogP contribution in [0.15, 0.2) is 53.2 Å². The second-order valence-corrected chi connectivity index (χ2v) is 13.2. The van der Waals surface area contributed by atoms with Gasteiger partial charge in [0.05, 0.1) is 19.1 Å². The van der Waals surface area contributed by atoms with Crippen molar-refractivity contribution in [1.82, 2.24) is 10.1 Å². The van der Waals surface area contributed by atoms with Crippen LogP contribution < -0.4 is 20.7 Å². The molecule has 1 unspecified atom stereocenters. The van der Waals surface area contributed by atoms with Gasteiger partial charge in [-0.2, -0.15) is 13.1 Å². The molecule has 0 spiro atoms. The highest BCUT2D eigenvalue weighted by Gasteiger charge is 2.43. The molecule has 0 bridgehead atoms. The zero-order valence-electron chi connectivity index (χ0n) is 25.0. The maximum atomic E-state index is 12.7. The molecule has 232 valence electrons. The van der Waals surface area contributed by atoms with Gasteiger partial charge in [0.1, 0.15) is 36.3 Å². The molecule has 13 nitrogen and oxygen atoms in total.